The van der Waals surface area contributed by atoms with Crippen LogP contribution in [0.5, 0.6) is 17.2 Å². The molecule has 0 radical (unpaired) electrons. The first-order chi connectivity index (χ1) is 34.3. The highest BCUT2D eigenvalue weighted by Crippen LogP contribution is 2.36. The summed E-state index contributed by atoms with van der Waals surface area (Å²) in [4.78, 5) is 75.0. The normalized spacial score (nSPS) is 17.1. The van der Waals surface area contributed by atoms with Crippen LogP contribution in [0.2, 0.25) is 0 Å². The maximum Gasteiger partial charge on any atom is 0.266 e. The van der Waals surface area contributed by atoms with Crippen LogP contribution in [0.25, 0.3) is 22.3 Å². The molecule has 2 aromatic heterocycles. The number of nitrogen functional groups attached to an aromatic ring is 1. The van der Waals surface area contributed by atoms with Crippen LogP contribution in [-0.4, -0.2) is 138 Å². The Bertz CT molecular complexity index is 2640. The van der Waals surface area contributed by atoms with E-state index < -0.39 is 29.7 Å². The zero-order chi connectivity index (χ0) is 48.7. The average Bonchev–Trinajstić information content (AvgIpc) is 3.89. The summed E-state index contributed by atoms with van der Waals surface area (Å²) in [5.74, 6) is -0.289. The fourth-order valence-electron chi connectivity index (χ4n) is 8.62. The summed E-state index contributed by atoms with van der Waals surface area (Å²) in [5.41, 5.74) is 8.84. The van der Waals surface area contributed by atoms with Crippen molar-refractivity contribution in [1.29, 1.82) is 0 Å². The van der Waals surface area contributed by atoms with Gasteiger partial charge in [0.2, 0.25) is 17.7 Å². The number of piperidine rings is 2. The van der Waals surface area contributed by atoms with E-state index in [1.54, 1.807) is 18.2 Å². The van der Waals surface area contributed by atoms with Gasteiger partial charge in [-0.15, -0.1) is 0 Å². The van der Waals surface area contributed by atoms with Crippen molar-refractivity contribution in [2.75, 3.05) is 78.3 Å². The molecule has 8 rings (SSSR count). The third-order valence-corrected chi connectivity index (χ3v) is 12.1. The number of fused-ring (bicyclic) bond motifs is 2. The van der Waals surface area contributed by atoms with Gasteiger partial charge in [-0.1, -0.05) is 36.8 Å². The molecule has 0 aliphatic carbocycles. The van der Waals surface area contributed by atoms with E-state index in [4.69, 9.17) is 39.3 Å². The lowest BCUT2D eigenvalue weighted by Gasteiger charge is -2.32. The number of aromatic nitrogens is 4. The van der Waals surface area contributed by atoms with Gasteiger partial charge in [-0.2, -0.15) is 5.10 Å². The number of allylic oxidation sites excluding steroid dienone is 1. The van der Waals surface area contributed by atoms with Gasteiger partial charge in [0.1, 0.15) is 47.7 Å². The van der Waals surface area contributed by atoms with Crippen LogP contribution in [0.4, 0.5) is 5.82 Å². The lowest BCUT2D eigenvalue weighted by molar-refractivity contribution is -0.136. The largest absolute Gasteiger partial charge is 0.490 e. The predicted molar refractivity (Wildman–Crippen MR) is 256 cm³/mol. The fourth-order valence-corrected chi connectivity index (χ4v) is 8.62. The lowest BCUT2D eigenvalue weighted by atomic mass is 10.0. The van der Waals surface area contributed by atoms with Crippen molar-refractivity contribution in [2.45, 2.75) is 63.5 Å². The molecule has 2 fully saturated rings. The molecule has 3 aliphatic rings. The Hall–Kier alpha value is -7.06. The number of amides is 5. The first kappa shape index (κ1) is 49.4. The number of ether oxygens (including phenoxy) is 6. The van der Waals surface area contributed by atoms with E-state index in [1.165, 1.54) is 12.4 Å². The minimum absolute atomic E-state index is 0.00895. The van der Waals surface area contributed by atoms with Gasteiger partial charge in [-0.25, -0.2) is 14.6 Å². The Morgan fingerprint density at radius 3 is 2.21 bits per heavy atom. The molecule has 2 saturated heterocycles. The number of nitrogens with zero attached hydrogens (tertiary/aromatic N) is 6. The molecule has 2 unspecified atom stereocenters. The molecule has 5 amide bonds. The van der Waals surface area contributed by atoms with Crippen molar-refractivity contribution >= 4 is 46.4 Å². The molecular formula is C51H58N8O11. The minimum atomic E-state index is -1.05. The summed E-state index contributed by atoms with van der Waals surface area (Å²) in [6.45, 7) is 4.64. The second-order valence-corrected chi connectivity index (χ2v) is 16.9. The van der Waals surface area contributed by atoms with Crippen molar-refractivity contribution in [1.82, 2.24) is 34.9 Å². The number of nitrogens with one attached hydrogen (secondary N) is 1. The fraction of sp³-hybridized carbons (Fsp3) is 0.412. The molecule has 19 heteroatoms. The quantitative estimate of drug-likeness (QED) is 0.0407. The molecule has 19 nitrogen and oxygen atoms in total. The van der Waals surface area contributed by atoms with Crippen LogP contribution < -0.4 is 20.5 Å². The SMILES string of the molecule is Nc1ncnc2c1c(-c1ccc(Oc3ccccc3)cc1)nn2C1CCCN(C(=O)/C=C/CCCCCOCCOCCOCCOCCOc2cccc3c2C(=O)N(C2CCC(=O)NC2=O)C3=O)C1. The number of anilines is 1. The molecule has 0 saturated carbocycles. The first-order valence-electron chi connectivity index (χ1n) is 23.8. The number of hydrogen-bond acceptors (Lipinski definition) is 15. The molecule has 3 N–H and O–H groups in total. The third-order valence-electron chi connectivity index (χ3n) is 12.1. The summed E-state index contributed by atoms with van der Waals surface area (Å²) in [6, 6.07) is 20.9. The zero-order valence-corrected chi connectivity index (χ0v) is 39.0. The van der Waals surface area contributed by atoms with E-state index >= 15 is 0 Å². The van der Waals surface area contributed by atoms with E-state index in [9.17, 15) is 24.0 Å². The lowest BCUT2D eigenvalue weighted by Crippen LogP contribution is -2.54. The summed E-state index contributed by atoms with van der Waals surface area (Å²) < 4.78 is 36.1. The second-order valence-electron chi connectivity index (χ2n) is 16.9. The van der Waals surface area contributed by atoms with E-state index in [2.05, 4.69) is 15.3 Å². The maximum atomic E-state index is 13.3. The van der Waals surface area contributed by atoms with E-state index in [0.717, 1.165) is 54.7 Å². The molecule has 2 atom stereocenters. The molecule has 368 valence electrons. The summed E-state index contributed by atoms with van der Waals surface area (Å²) in [7, 11) is 0. The van der Waals surface area contributed by atoms with E-state index in [1.807, 2.05) is 70.3 Å². The average molecular weight is 959 g/mol. The minimum Gasteiger partial charge on any atom is -0.490 e. The molecule has 0 bridgehead atoms. The molecule has 5 aromatic rings. The molecule has 0 spiro atoms. The molecular weight excluding hydrogens is 901 g/mol. The monoisotopic (exact) mass is 958 g/mol. The van der Waals surface area contributed by atoms with Crippen LogP contribution in [0.3, 0.4) is 0 Å². The third kappa shape index (κ3) is 12.4. The van der Waals surface area contributed by atoms with Gasteiger partial charge in [-0.3, -0.25) is 34.2 Å². The van der Waals surface area contributed by atoms with Crippen molar-refractivity contribution in [3.63, 3.8) is 0 Å². The van der Waals surface area contributed by atoms with Gasteiger partial charge >= 0.3 is 0 Å². The van der Waals surface area contributed by atoms with Crippen LogP contribution in [0, 0.1) is 0 Å². The van der Waals surface area contributed by atoms with Gasteiger partial charge in [0.25, 0.3) is 11.8 Å². The highest BCUT2D eigenvalue weighted by atomic mass is 16.6. The van der Waals surface area contributed by atoms with E-state index in [0.29, 0.717) is 87.6 Å². The molecule has 5 heterocycles. The Labute approximate surface area is 405 Å². The topological polar surface area (TPSA) is 229 Å². The number of benzene rings is 3. The van der Waals surface area contributed by atoms with Crippen molar-refractivity contribution in [3.05, 3.63) is 102 Å². The number of likely N-dealkylation sites (tertiary alicyclic amines) is 1. The number of unbranched alkanes of at least 4 members (excludes halogenated alkanes) is 3. The van der Waals surface area contributed by atoms with Crippen LogP contribution >= 0.6 is 0 Å². The summed E-state index contributed by atoms with van der Waals surface area (Å²) in [5, 5.41) is 7.89. The molecule has 3 aliphatic heterocycles. The Morgan fingerprint density at radius 2 is 1.47 bits per heavy atom. The zero-order valence-electron chi connectivity index (χ0n) is 39.0. The predicted octanol–water partition coefficient (Wildman–Crippen LogP) is 5.69. The number of nitrogens with two attached hydrogens (primary N) is 1. The second kappa shape index (κ2) is 24.5. The van der Waals surface area contributed by atoms with Crippen LogP contribution in [0.1, 0.15) is 78.1 Å². The smallest absolute Gasteiger partial charge is 0.266 e. The first-order valence-corrected chi connectivity index (χ1v) is 23.8. The van der Waals surface area contributed by atoms with Gasteiger partial charge in [0.15, 0.2) is 5.65 Å². The number of imide groups is 2. The maximum absolute atomic E-state index is 13.3. The van der Waals surface area contributed by atoms with Gasteiger partial charge in [0.05, 0.1) is 68.8 Å². The molecule has 3 aromatic carbocycles. The number of carbonyl (C=O) groups excluding carboxylic acids is 5. The standard InChI is InChI=1S/C51H58N8O11/c52-47-45-46(35-17-19-38(20-18-35)70-37-12-5-4-6-13-37)56-59(48(45)54-34-53-47)36-11-10-23-57(33-36)43(61)16-7-2-1-3-8-24-65-25-26-66-27-28-67-29-30-68-31-32-69-41-15-9-14-39-44(41)51(64)58(50(39)63)40-21-22-42(60)55-49(40)62/h4-7,9,12-20,34,36,40H,1-3,8,10-11,21-33H2,(H2,52,53,54)(H,55,60,62)/b16-7+. The van der Waals surface area contributed by atoms with Gasteiger partial charge in [-0.05, 0) is 93.1 Å². The Morgan fingerprint density at radius 1 is 0.757 bits per heavy atom. The Balaban J connectivity index is 0.641. The number of hydrogen-bond donors (Lipinski definition) is 2. The highest BCUT2D eigenvalue weighted by Gasteiger charge is 2.46. The Kier molecular flexibility index (Phi) is 17.3. The van der Waals surface area contributed by atoms with Gasteiger partial charge < -0.3 is 39.1 Å². The highest BCUT2D eigenvalue weighted by molar-refractivity contribution is 6.24. The van der Waals surface area contributed by atoms with Crippen molar-refractivity contribution in [3.8, 4) is 28.5 Å². The van der Waals surface area contributed by atoms with Crippen LogP contribution in [-0.2, 0) is 33.3 Å². The number of para-hydroxylation sites is 1. The van der Waals surface area contributed by atoms with Crippen molar-refractivity contribution < 1.29 is 52.4 Å². The molecule has 70 heavy (non-hydrogen) atoms. The summed E-state index contributed by atoms with van der Waals surface area (Å²) >= 11 is 0. The van der Waals surface area contributed by atoms with Crippen LogP contribution in [0.15, 0.2) is 91.3 Å². The summed E-state index contributed by atoms with van der Waals surface area (Å²) in [6.07, 6.45) is 10.6. The van der Waals surface area contributed by atoms with Crippen molar-refractivity contribution in [2.24, 2.45) is 0 Å². The number of rotatable bonds is 25. The number of carbonyl (C=O) groups is 5. The van der Waals surface area contributed by atoms with Gasteiger partial charge in [0, 0.05) is 31.7 Å². The van der Waals surface area contributed by atoms with E-state index in [-0.39, 0.29) is 54.9 Å².